The Morgan fingerprint density at radius 1 is 1.22 bits per heavy atom. The first-order valence-electron chi connectivity index (χ1n) is 3.41. The summed E-state index contributed by atoms with van der Waals surface area (Å²) in [6.07, 6.45) is 2.31. The van der Waals surface area contributed by atoms with Crippen molar-refractivity contribution in [3.05, 3.63) is 6.42 Å². The molecule has 0 aromatic carbocycles. The minimum absolute atomic E-state index is 0.365. The summed E-state index contributed by atoms with van der Waals surface area (Å²) < 4.78 is 0. The SMILES string of the molecule is CN(C)C[CH]C(C)(C)C. The molecule has 1 heteroatoms. The fourth-order valence-corrected chi connectivity index (χ4v) is 0.456. The van der Waals surface area contributed by atoms with Crippen LogP contribution in [-0.4, -0.2) is 25.5 Å². The van der Waals surface area contributed by atoms with Crippen LogP contribution < -0.4 is 0 Å². The van der Waals surface area contributed by atoms with Crippen molar-refractivity contribution in [1.82, 2.24) is 4.90 Å². The first kappa shape index (κ1) is 8.96. The summed E-state index contributed by atoms with van der Waals surface area (Å²) in [6, 6.07) is 0. The van der Waals surface area contributed by atoms with Crippen molar-refractivity contribution in [1.29, 1.82) is 0 Å². The van der Waals surface area contributed by atoms with Gasteiger partial charge in [-0.15, -0.1) is 0 Å². The van der Waals surface area contributed by atoms with E-state index >= 15 is 0 Å². The highest BCUT2D eigenvalue weighted by Gasteiger charge is 2.09. The zero-order valence-electron chi connectivity index (χ0n) is 7.23. The molecule has 0 aliphatic heterocycles. The van der Waals surface area contributed by atoms with E-state index in [1.165, 1.54) is 0 Å². The van der Waals surface area contributed by atoms with Gasteiger partial charge in [-0.05, 0) is 25.9 Å². The van der Waals surface area contributed by atoms with E-state index in [1.54, 1.807) is 0 Å². The van der Waals surface area contributed by atoms with Crippen LogP contribution in [0.3, 0.4) is 0 Å². The molecule has 0 unspecified atom stereocenters. The molecule has 0 bridgehead atoms. The molecule has 0 spiro atoms. The molecule has 0 atom stereocenters. The van der Waals surface area contributed by atoms with Crippen LogP contribution >= 0.6 is 0 Å². The maximum atomic E-state index is 2.31. The van der Waals surface area contributed by atoms with Gasteiger partial charge in [0, 0.05) is 6.54 Å². The molecule has 0 saturated carbocycles. The van der Waals surface area contributed by atoms with Gasteiger partial charge in [-0.25, -0.2) is 0 Å². The Kier molecular flexibility index (Phi) is 3.20. The Balaban J connectivity index is 3.28. The van der Waals surface area contributed by atoms with Crippen LogP contribution in [0.25, 0.3) is 0 Å². The number of nitrogens with zero attached hydrogens (tertiary/aromatic N) is 1. The zero-order valence-corrected chi connectivity index (χ0v) is 7.23. The van der Waals surface area contributed by atoms with Crippen molar-refractivity contribution in [2.75, 3.05) is 20.6 Å². The summed E-state index contributed by atoms with van der Waals surface area (Å²) in [5.41, 5.74) is 0.365. The summed E-state index contributed by atoms with van der Waals surface area (Å²) in [5.74, 6) is 0. The Bertz CT molecular complexity index is 69.1. The lowest BCUT2D eigenvalue weighted by molar-refractivity contribution is 0.379. The average Bonchev–Trinajstić information content (AvgIpc) is 1.59. The van der Waals surface area contributed by atoms with Gasteiger partial charge >= 0.3 is 0 Å². The van der Waals surface area contributed by atoms with Crippen molar-refractivity contribution in [3.8, 4) is 0 Å². The Morgan fingerprint density at radius 3 is 1.78 bits per heavy atom. The van der Waals surface area contributed by atoms with E-state index in [4.69, 9.17) is 0 Å². The standard InChI is InChI=1S/C8H18N/c1-8(2,3)6-7-9(4)5/h6H,7H2,1-5H3. The predicted octanol–water partition coefficient (Wildman–Crippen LogP) is 1.80. The van der Waals surface area contributed by atoms with Gasteiger partial charge in [0.2, 0.25) is 0 Å². The second-order valence-electron chi connectivity index (χ2n) is 3.83. The topological polar surface area (TPSA) is 3.24 Å². The van der Waals surface area contributed by atoms with Gasteiger partial charge in [-0.3, -0.25) is 0 Å². The van der Waals surface area contributed by atoms with E-state index in [0.29, 0.717) is 5.41 Å². The molecule has 1 nitrogen and oxygen atoms in total. The lowest BCUT2D eigenvalue weighted by Crippen LogP contribution is -2.19. The second-order valence-corrected chi connectivity index (χ2v) is 3.83. The van der Waals surface area contributed by atoms with Crippen molar-refractivity contribution in [3.63, 3.8) is 0 Å². The fraction of sp³-hybridized carbons (Fsp3) is 0.875. The molecule has 0 amide bonds. The van der Waals surface area contributed by atoms with Crippen molar-refractivity contribution in [2.45, 2.75) is 20.8 Å². The Hall–Kier alpha value is -0.0400. The lowest BCUT2D eigenvalue weighted by Gasteiger charge is -2.19. The van der Waals surface area contributed by atoms with Crippen LogP contribution in [0.15, 0.2) is 0 Å². The molecular weight excluding hydrogens is 110 g/mol. The second kappa shape index (κ2) is 3.21. The van der Waals surface area contributed by atoms with E-state index in [1.807, 2.05) is 0 Å². The quantitative estimate of drug-likeness (QED) is 0.548. The Morgan fingerprint density at radius 2 is 1.67 bits per heavy atom. The monoisotopic (exact) mass is 128 g/mol. The van der Waals surface area contributed by atoms with E-state index in [0.717, 1.165) is 6.54 Å². The van der Waals surface area contributed by atoms with Crippen LogP contribution in [0, 0.1) is 11.8 Å². The molecule has 0 aromatic rings. The third-order valence-corrected chi connectivity index (χ3v) is 1.07. The molecule has 0 heterocycles. The molecule has 0 aliphatic rings. The third-order valence-electron chi connectivity index (χ3n) is 1.07. The summed E-state index contributed by atoms with van der Waals surface area (Å²) in [5, 5.41) is 0. The van der Waals surface area contributed by atoms with E-state index in [9.17, 15) is 0 Å². The van der Waals surface area contributed by atoms with Gasteiger partial charge in [0.1, 0.15) is 0 Å². The highest BCUT2D eigenvalue weighted by molar-refractivity contribution is 4.82. The molecule has 55 valence electrons. The number of rotatable bonds is 2. The van der Waals surface area contributed by atoms with Crippen molar-refractivity contribution >= 4 is 0 Å². The van der Waals surface area contributed by atoms with Gasteiger partial charge in [-0.2, -0.15) is 0 Å². The zero-order chi connectivity index (χ0) is 7.49. The number of hydrogen-bond donors (Lipinski definition) is 0. The summed E-state index contributed by atoms with van der Waals surface area (Å²) >= 11 is 0. The fourth-order valence-electron chi connectivity index (χ4n) is 0.456. The molecule has 0 aliphatic carbocycles. The van der Waals surface area contributed by atoms with Crippen LogP contribution in [0.2, 0.25) is 0 Å². The highest BCUT2D eigenvalue weighted by Crippen LogP contribution is 2.16. The molecule has 0 rings (SSSR count). The van der Waals surface area contributed by atoms with Crippen molar-refractivity contribution in [2.24, 2.45) is 5.41 Å². The largest absolute Gasteiger partial charge is 0.309 e. The smallest absolute Gasteiger partial charge is 0.00119 e. The van der Waals surface area contributed by atoms with Gasteiger partial charge < -0.3 is 4.90 Å². The van der Waals surface area contributed by atoms with Gasteiger partial charge in [0.15, 0.2) is 0 Å². The minimum atomic E-state index is 0.365. The molecule has 0 saturated heterocycles. The van der Waals surface area contributed by atoms with Gasteiger partial charge in [0.05, 0.1) is 0 Å². The maximum absolute atomic E-state index is 2.31. The van der Waals surface area contributed by atoms with E-state index in [-0.39, 0.29) is 0 Å². The molecule has 9 heavy (non-hydrogen) atoms. The first-order valence-corrected chi connectivity index (χ1v) is 3.41. The highest BCUT2D eigenvalue weighted by atomic mass is 15.0. The molecule has 0 fully saturated rings. The Labute approximate surface area is 59.1 Å². The molecule has 1 radical (unpaired) electrons. The first-order chi connectivity index (χ1) is 3.92. The van der Waals surface area contributed by atoms with Crippen molar-refractivity contribution < 1.29 is 0 Å². The van der Waals surface area contributed by atoms with E-state index < -0.39 is 0 Å². The van der Waals surface area contributed by atoms with Crippen LogP contribution in [0.4, 0.5) is 0 Å². The molecular formula is C8H18N. The average molecular weight is 128 g/mol. The van der Waals surface area contributed by atoms with Crippen LogP contribution in [-0.2, 0) is 0 Å². The van der Waals surface area contributed by atoms with Crippen LogP contribution in [0.5, 0.6) is 0 Å². The third kappa shape index (κ3) is 7.96. The van der Waals surface area contributed by atoms with Gasteiger partial charge in [-0.1, -0.05) is 20.8 Å². The maximum Gasteiger partial charge on any atom is 0.00119 e. The summed E-state index contributed by atoms with van der Waals surface area (Å²) in [4.78, 5) is 2.17. The normalized spacial score (nSPS) is 12.7. The van der Waals surface area contributed by atoms with Gasteiger partial charge in [0.25, 0.3) is 0 Å². The summed E-state index contributed by atoms with van der Waals surface area (Å²) in [7, 11) is 4.17. The van der Waals surface area contributed by atoms with E-state index in [2.05, 4.69) is 46.2 Å². The van der Waals surface area contributed by atoms with Crippen LogP contribution in [0.1, 0.15) is 20.8 Å². The minimum Gasteiger partial charge on any atom is -0.309 e. The lowest BCUT2D eigenvalue weighted by atomic mass is 9.92. The predicted molar refractivity (Wildman–Crippen MR) is 42.3 cm³/mol. The molecule has 0 N–H and O–H groups in total. The summed E-state index contributed by atoms with van der Waals surface area (Å²) in [6.45, 7) is 7.73. The molecule has 0 aromatic heterocycles. The number of hydrogen-bond acceptors (Lipinski definition) is 1.